The van der Waals surface area contributed by atoms with Crippen LogP contribution in [0.4, 0.5) is 0 Å². The summed E-state index contributed by atoms with van der Waals surface area (Å²) in [4.78, 5) is 12.5. The number of thiophene rings is 1. The topological polar surface area (TPSA) is 64.2 Å². The number of rotatable bonds is 8. The fourth-order valence-corrected chi connectivity index (χ4v) is 3.91. The van der Waals surface area contributed by atoms with Crippen LogP contribution in [0, 0.1) is 0 Å². The number of hydrogen-bond acceptors (Lipinski definition) is 4. The molecule has 4 heterocycles. The highest BCUT2D eigenvalue weighted by atomic mass is 32.1. The molecule has 6 nitrogen and oxygen atoms in total. The fourth-order valence-electron chi connectivity index (χ4n) is 3.20. The Balaban J connectivity index is 1.30. The molecule has 0 fully saturated rings. The first-order valence-electron chi connectivity index (χ1n) is 9.01. The summed E-state index contributed by atoms with van der Waals surface area (Å²) in [5.74, 6) is 0.981. The van der Waals surface area contributed by atoms with E-state index in [-0.39, 0.29) is 11.9 Å². The summed E-state index contributed by atoms with van der Waals surface area (Å²) in [6.45, 7) is 0.628. The van der Waals surface area contributed by atoms with Crippen molar-refractivity contribution >= 4 is 22.9 Å². The van der Waals surface area contributed by atoms with Crippen molar-refractivity contribution in [1.82, 2.24) is 24.5 Å². The van der Waals surface area contributed by atoms with Gasteiger partial charge in [-0.1, -0.05) is 6.07 Å². The van der Waals surface area contributed by atoms with Crippen LogP contribution in [-0.4, -0.2) is 31.6 Å². The number of hydrogen-bond donors (Lipinski definition) is 1. The minimum atomic E-state index is 0.0340. The summed E-state index contributed by atoms with van der Waals surface area (Å²) in [5, 5.41) is 15.6. The summed E-state index contributed by atoms with van der Waals surface area (Å²) < 4.78 is 4.07. The number of pyridine rings is 1. The minimum absolute atomic E-state index is 0.0340. The van der Waals surface area contributed by atoms with Crippen molar-refractivity contribution in [3.05, 3.63) is 77.1 Å². The zero-order valence-corrected chi connectivity index (χ0v) is 15.7. The van der Waals surface area contributed by atoms with E-state index in [1.807, 2.05) is 58.7 Å². The molecule has 1 atom stereocenters. The Morgan fingerprint density at radius 3 is 2.78 bits per heavy atom. The van der Waals surface area contributed by atoms with Crippen LogP contribution in [0.15, 0.2) is 65.7 Å². The molecule has 4 aromatic heterocycles. The summed E-state index contributed by atoms with van der Waals surface area (Å²) in [6.07, 6.45) is 8.01. The van der Waals surface area contributed by atoms with E-state index in [1.54, 1.807) is 11.3 Å². The van der Waals surface area contributed by atoms with Crippen LogP contribution >= 0.6 is 11.3 Å². The third-order valence-corrected chi connectivity index (χ3v) is 5.28. The van der Waals surface area contributed by atoms with Gasteiger partial charge < -0.3 is 9.88 Å². The SMILES string of the molecule is O=C(C[C@H](c1ccsc1)n1cccc1)NCCCc1nnc2ccccn12. The summed E-state index contributed by atoms with van der Waals surface area (Å²) in [7, 11) is 0. The van der Waals surface area contributed by atoms with Crippen LogP contribution in [0.1, 0.15) is 30.3 Å². The van der Waals surface area contributed by atoms with E-state index >= 15 is 0 Å². The van der Waals surface area contributed by atoms with E-state index in [1.165, 1.54) is 5.56 Å². The predicted octanol–water partition coefficient (Wildman–Crippen LogP) is 3.32. The van der Waals surface area contributed by atoms with Gasteiger partial charge in [-0.3, -0.25) is 9.20 Å². The zero-order chi connectivity index (χ0) is 18.5. The van der Waals surface area contributed by atoms with Gasteiger partial charge in [0.05, 0.1) is 12.5 Å². The van der Waals surface area contributed by atoms with Crippen LogP contribution in [-0.2, 0) is 11.2 Å². The van der Waals surface area contributed by atoms with Crippen LogP contribution < -0.4 is 5.32 Å². The molecular weight excluding hydrogens is 358 g/mol. The van der Waals surface area contributed by atoms with Crippen molar-refractivity contribution in [3.8, 4) is 0 Å². The first-order chi connectivity index (χ1) is 13.3. The lowest BCUT2D eigenvalue weighted by Gasteiger charge is -2.18. The Kier molecular flexibility index (Phi) is 5.29. The van der Waals surface area contributed by atoms with Gasteiger partial charge in [-0.15, -0.1) is 10.2 Å². The quantitative estimate of drug-likeness (QED) is 0.478. The van der Waals surface area contributed by atoms with Crippen molar-refractivity contribution in [2.24, 2.45) is 0 Å². The van der Waals surface area contributed by atoms with E-state index in [0.29, 0.717) is 13.0 Å². The largest absolute Gasteiger partial charge is 0.356 e. The van der Waals surface area contributed by atoms with E-state index in [9.17, 15) is 4.79 Å². The molecule has 1 amide bonds. The second-order valence-corrected chi connectivity index (χ2v) is 7.19. The van der Waals surface area contributed by atoms with Gasteiger partial charge >= 0.3 is 0 Å². The lowest BCUT2D eigenvalue weighted by molar-refractivity contribution is -0.121. The summed E-state index contributed by atoms with van der Waals surface area (Å²) in [5.41, 5.74) is 2.02. The van der Waals surface area contributed by atoms with Gasteiger partial charge in [0, 0.05) is 31.6 Å². The molecule has 0 radical (unpaired) electrons. The van der Waals surface area contributed by atoms with Crippen LogP contribution in [0.25, 0.3) is 5.65 Å². The van der Waals surface area contributed by atoms with Gasteiger partial charge in [0.1, 0.15) is 5.82 Å². The van der Waals surface area contributed by atoms with Crippen LogP contribution in [0.3, 0.4) is 0 Å². The van der Waals surface area contributed by atoms with Gasteiger partial charge in [-0.25, -0.2) is 0 Å². The molecule has 1 N–H and O–H groups in total. The zero-order valence-electron chi connectivity index (χ0n) is 14.9. The molecule has 0 aliphatic carbocycles. The van der Waals surface area contributed by atoms with E-state index in [2.05, 4.69) is 31.5 Å². The maximum atomic E-state index is 12.5. The highest BCUT2D eigenvalue weighted by Gasteiger charge is 2.17. The first-order valence-corrected chi connectivity index (χ1v) is 9.95. The van der Waals surface area contributed by atoms with E-state index in [0.717, 1.165) is 24.3 Å². The van der Waals surface area contributed by atoms with Gasteiger partial charge in [-0.2, -0.15) is 11.3 Å². The van der Waals surface area contributed by atoms with Gasteiger partial charge in [0.15, 0.2) is 5.65 Å². The molecule has 4 rings (SSSR count). The predicted molar refractivity (Wildman–Crippen MR) is 106 cm³/mol. The summed E-state index contributed by atoms with van der Waals surface area (Å²) in [6, 6.07) is 11.9. The van der Waals surface area contributed by atoms with E-state index in [4.69, 9.17) is 0 Å². The molecule has 0 saturated heterocycles. The Morgan fingerprint density at radius 2 is 1.96 bits per heavy atom. The number of amides is 1. The first kappa shape index (κ1) is 17.5. The number of carbonyl (C=O) groups excluding carboxylic acids is 1. The number of nitrogens with zero attached hydrogens (tertiary/aromatic N) is 4. The fraction of sp³-hybridized carbons (Fsp3) is 0.250. The number of carbonyl (C=O) groups is 1. The highest BCUT2D eigenvalue weighted by molar-refractivity contribution is 7.08. The normalized spacial score (nSPS) is 12.3. The van der Waals surface area contributed by atoms with Gasteiger partial charge in [0.2, 0.25) is 5.91 Å². The van der Waals surface area contributed by atoms with Crippen molar-refractivity contribution in [2.75, 3.05) is 6.54 Å². The number of aryl methyl sites for hydroxylation is 1. The lowest BCUT2D eigenvalue weighted by Crippen LogP contribution is -2.28. The lowest BCUT2D eigenvalue weighted by atomic mass is 10.1. The average Bonchev–Trinajstić information content (AvgIpc) is 3.45. The Hall–Kier alpha value is -2.93. The molecule has 0 spiro atoms. The third kappa shape index (κ3) is 4.09. The van der Waals surface area contributed by atoms with Crippen LogP contribution in [0.2, 0.25) is 0 Å². The van der Waals surface area contributed by atoms with Crippen molar-refractivity contribution in [1.29, 1.82) is 0 Å². The molecular formula is C20H21N5OS. The Labute approximate surface area is 161 Å². The molecule has 0 aliphatic heterocycles. The molecule has 138 valence electrons. The molecule has 0 saturated carbocycles. The molecule has 0 aliphatic rings. The monoisotopic (exact) mass is 379 g/mol. The second-order valence-electron chi connectivity index (χ2n) is 6.41. The minimum Gasteiger partial charge on any atom is -0.356 e. The molecule has 0 unspecified atom stereocenters. The van der Waals surface area contributed by atoms with E-state index < -0.39 is 0 Å². The Morgan fingerprint density at radius 1 is 1.11 bits per heavy atom. The van der Waals surface area contributed by atoms with Crippen molar-refractivity contribution in [3.63, 3.8) is 0 Å². The summed E-state index contributed by atoms with van der Waals surface area (Å²) >= 11 is 1.65. The van der Waals surface area contributed by atoms with Gasteiger partial charge in [0.25, 0.3) is 0 Å². The standard InChI is InChI=1S/C20H21N5OS/c26-20(14-17(16-8-13-27-15-16)24-10-3-4-11-24)21-9-5-7-19-23-22-18-6-1-2-12-25(18)19/h1-4,6,8,10-13,15,17H,5,7,9,14H2,(H,21,26)/t17-/m1/s1. The van der Waals surface area contributed by atoms with Gasteiger partial charge in [-0.05, 0) is 53.1 Å². The smallest absolute Gasteiger partial charge is 0.222 e. The molecule has 7 heteroatoms. The van der Waals surface area contributed by atoms with Crippen molar-refractivity contribution < 1.29 is 4.79 Å². The molecule has 4 aromatic rings. The maximum absolute atomic E-state index is 12.5. The highest BCUT2D eigenvalue weighted by Crippen LogP contribution is 2.24. The molecule has 27 heavy (non-hydrogen) atoms. The Bertz CT molecular complexity index is 956. The van der Waals surface area contributed by atoms with Crippen molar-refractivity contribution in [2.45, 2.75) is 25.3 Å². The third-order valence-electron chi connectivity index (χ3n) is 4.58. The van der Waals surface area contributed by atoms with Crippen LogP contribution in [0.5, 0.6) is 0 Å². The number of fused-ring (bicyclic) bond motifs is 1. The number of nitrogens with one attached hydrogen (secondary N) is 1. The number of aromatic nitrogens is 4. The average molecular weight is 379 g/mol. The second kappa shape index (κ2) is 8.18. The molecule has 0 aromatic carbocycles. The molecule has 0 bridgehead atoms. The maximum Gasteiger partial charge on any atom is 0.222 e.